The second-order valence-electron chi connectivity index (χ2n) is 3.98. The van der Waals surface area contributed by atoms with Gasteiger partial charge in [0.2, 0.25) is 0 Å². The van der Waals surface area contributed by atoms with Gasteiger partial charge in [0, 0.05) is 13.1 Å². The molecule has 1 fully saturated rings. The molecule has 0 amide bonds. The van der Waals surface area contributed by atoms with Crippen LogP contribution in [0.5, 0.6) is 0 Å². The minimum Gasteiger partial charge on any atom is -0.297 e. The summed E-state index contributed by atoms with van der Waals surface area (Å²) in [4.78, 5) is 2.41. The minimum absolute atomic E-state index is 0.462. The quantitative estimate of drug-likeness (QED) is 0.749. The number of rotatable bonds is 2. The zero-order chi connectivity index (χ0) is 9.97. The van der Waals surface area contributed by atoms with Gasteiger partial charge in [-0.15, -0.1) is 5.10 Å². The van der Waals surface area contributed by atoms with E-state index in [1.807, 2.05) is 6.07 Å². The number of halogens is 1. The Kier molecular flexibility index (Phi) is 2.99. The van der Waals surface area contributed by atoms with Crippen LogP contribution in [0.25, 0.3) is 0 Å². The van der Waals surface area contributed by atoms with E-state index in [9.17, 15) is 0 Å². The molecule has 1 aliphatic heterocycles. The van der Waals surface area contributed by atoms with Crippen molar-refractivity contribution in [3.05, 3.63) is 23.0 Å². The third-order valence-corrected chi connectivity index (χ3v) is 2.78. The molecule has 0 saturated carbocycles. The fourth-order valence-electron chi connectivity index (χ4n) is 1.83. The first-order chi connectivity index (χ1) is 6.74. The lowest BCUT2D eigenvalue weighted by molar-refractivity contribution is 0.315. The third-order valence-electron chi connectivity index (χ3n) is 2.58. The maximum Gasteiger partial charge on any atom is 0.151 e. The standard InChI is InChI=1S/C10H14ClN3/c1-8-4-5-14(6-8)7-9-2-3-10(11)13-12-9/h2-3,8H,4-7H2,1H3. The molecule has 0 bridgehead atoms. The summed E-state index contributed by atoms with van der Waals surface area (Å²) in [6.07, 6.45) is 1.29. The van der Waals surface area contributed by atoms with Crippen LogP contribution in [0.2, 0.25) is 5.15 Å². The van der Waals surface area contributed by atoms with Crippen LogP contribution in [0.3, 0.4) is 0 Å². The lowest BCUT2D eigenvalue weighted by Crippen LogP contribution is -2.20. The largest absolute Gasteiger partial charge is 0.297 e. The van der Waals surface area contributed by atoms with Crippen LogP contribution in [0, 0.1) is 5.92 Å². The molecule has 0 radical (unpaired) electrons. The van der Waals surface area contributed by atoms with E-state index in [2.05, 4.69) is 22.0 Å². The van der Waals surface area contributed by atoms with Crippen LogP contribution in [0.15, 0.2) is 12.1 Å². The SMILES string of the molecule is CC1CCN(Cc2ccc(Cl)nn2)C1. The van der Waals surface area contributed by atoms with Crippen LogP contribution < -0.4 is 0 Å². The summed E-state index contributed by atoms with van der Waals surface area (Å²) in [6.45, 7) is 5.53. The minimum atomic E-state index is 0.462. The fraction of sp³-hybridized carbons (Fsp3) is 0.600. The molecule has 76 valence electrons. The molecule has 1 aliphatic rings. The molecule has 14 heavy (non-hydrogen) atoms. The highest BCUT2D eigenvalue weighted by Crippen LogP contribution is 2.16. The molecule has 1 atom stereocenters. The summed E-state index contributed by atoms with van der Waals surface area (Å²) >= 11 is 5.66. The number of likely N-dealkylation sites (tertiary alicyclic amines) is 1. The molecule has 0 aliphatic carbocycles. The molecule has 2 heterocycles. The number of hydrogen-bond acceptors (Lipinski definition) is 3. The van der Waals surface area contributed by atoms with E-state index in [1.165, 1.54) is 19.5 Å². The summed E-state index contributed by atoms with van der Waals surface area (Å²) in [7, 11) is 0. The summed E-state index contributed by atoms with van der Waals surface area (Å²) in [5, 5.41) is 8.33. The zero-order valence-corrected chi connectivity index (χ0v) is 9.04. The van der Waals surface area contributed by atoms with Crippen molar-refractivity contribution in [3.8, 4) is 0 Å². The lowest BCUT2D eigenvalue weighted by Gasteiger charge is -2.13. The predicted molar refractivity (Wildman–Crippen MR) is 56.1 cm³/mol. The first kappa shape index (κ1) is 9.87. The van der Waals surface area contributed by atoms with Gasteiger partial charge in [-0.1, -0.05) is 18.5 Å². The van der Waals surface area contributed by atoms with Gasteiger partial charge in [0.1, 0.15) is 0 Å². The Balaban J connectivity index is 1.94. The van der Waals surface area contributed by atoms with Gasteiger partial charge in [-0.05, 0) is 31.0 Å². The van der Waals surface area contributed by atoms with Crippen molar-refractivity contribution < 1.29 is 0 Å². The Bertz CT molecular complexity index is 299. The summed E-state index contributed by atoms with van der Waals surface area (Å²) in [5.41, 5.74) is 1.00. The van der Waals surface area contributed by atoms with Crippen molar-refractivity contribution in [3.63, 3.8) is 0 Å². The Morgan fingerprint density at radius 2 is 2.36 bits per heavy atom. The second kappa shape index (κ2) is 4.24. The predicted octanol–water partition coefficient (Wildman–Crippen LogP) is 1.97. The summed E-state index contributed by atoms with van der Waals surface area (Å²) in [5.74, 6) is 0.815. The number of nitrogens with zero attached hydrogens (tertiary/aromatic N) is 3. The Morgan fingerprint density at radius 3 is 2.93 bits per heavy atom. The third kappa shape index (κ3) is 2.42. The van der Waals surface area contributed by atoms with Crippen molar-refractivity contribution in [2.24, 2.45) is 5.92 Å². The van der Waals surface area contributed by atoms with Crippen LogP contribution in [-0.4, -0.2) is 28.2 Å². The maximum atomic E-state index is 5.66. The highest BCUT2D eigenvalue weighted by atomic mass is 35.5. The molecule has 2 rings (SSSR count). The van der Waals surface area contributed by atoms with E-state index < -0.39 is 0 Å². The normalized spacial score (nSPS) is 22.9. The van der Waals surface area contributed by atoms with Crippen molar-refractivity contribution in [1.82, 2.24) is 15.1 Å². The van der Waals surface area contributed by atoms with Gasteiger partial charge in [-0.3, -0.25) is 4.90 Å². The molecule has 0 spiro atoms. The van der Waals surface area contributed by atoms with E-state index in [1.54, 1.807) is 6.07 Å². The fourth-order valence-corrected chi connectivity index (χ4v) is 1.93. The van der Waals surface area contributed by atoms with E-state index in [0.717, 1.165) is 18.2 Å². The van der Waals surface area contributed by atoms with E-state index >= 15 is 0 Å². The molecule has 1 saturated heterocycles. The Labute approximate surface area is 89.1 Å². The summed E-state index contributed by atoms with van der Waals surface area (Å²) in [6, 6.07) is 3.74. The molecule has 0 N–H and O–H groups in total. The molecular formula is C10H14ClN3. The molecular weight excluding hydrogens is 198 g/mol. The van der Waals surface area contributed by atoms with Gasteiger partial charge < -0.3 is 0 Å². The molecule has 0 aromatic carbocycles. The Hall–Kier alpha value is -0.670. The highest BCUT2D eigenvalue weighted by molar-refractivity contribution is 6.29. The Morgan fingerprint density at radius 1 is 1.50 bits per heavy atom. The first-order valence-corrected chi connectivity index (χ1v) is 5.32. The molecule has 1 aromatic rings. The van der Waals surface area contributed by atoms with Crippen molar-refractivity contribution in [2.75, 3.05) is 13.1 Å². The van der Waals surface area contributed by atoms with Crippen molar-refractivity contribution in [2.45, 2.75) is 19.9 Å². The topological polar surface area (TPSA) is 29.0 Å². The van der Waals surface area contributed by atoms with E-state index in [0.29, 0.717) is 5.15 Å². The summed E-state index contributed by atoms with van der Waals surface area (Å²) < 4.78 is 0. The number of hydrogen-bond donors (Lipinski definition) is 0. The maximum absolute atomic E-state index is 5.66. The zero-order valence-electron chi connectivity index (χ0n) is 8.28. The highest BCUT2D eigenvalue weighted by Gasteiger charge is 2.18. The first-order valence-electron chi connectivity index (χ1n) is 4.94. The molecule has 1 unspecified atom stereocenters. The molecule has 4 heteroatoms. The second-order valence-corrected chi connectivity index (χ2v) is 4.36. The van der Waals surface area contributed by atoms with Gasteiger partial charge in [-0.25, -0.2) is 0 Å². The molecule has 1 aromatic heterocycles. The van der Waals surface area contributed by atoms with Crippen molar-refractivity contribution in [1.29, 1.82) is 0 Å². The van der Waals surface area contributed by atoms with Gasteiger partial charge in [-0.2, -0.15) is 5.10 Å². The van der Waals surface area contributed by atoms with Gasteiger partial charge >= 0.3 is 0 Å². The average molecular weight is 212 g/mol. The van der Waals surface area contributed by atoms with Crippen LogP contribution >= 0.6 is 11.6 Å². The monoisotopic (exact) mass is 211 g/mol. The number of aromatic nitrogens is 2. The van der Waals surface area contributed by atoms with E-state index in [-0.39, 0.29) is 0 Å². The van der Waals surface area contributed by atoms with Gasteiger partial charge in [0.15, 0.2) is 5.15 Å². The molecule has 3 nitrogen and oxygen atoms in total. The van der Waals surface area contributed by atoms with Crippen LogP contribution in [-0.2, 0) is 6.54 Å². The smallest absolute Gasteiger partial charge is 0.151 e. The van der Waals surface area contributed by atoms with Crippen LogP contribution in [0.1, 0.15) is 19.0 Å². The van der Waals surface area contributed by atoms with Crippen molar-refractivity contribution >= 4 is 11.6 Å². The van der Waals surface area contributed by atoms with Gasteiger partial charge in [0.05, 0.1) is 5.69 Å². The lowest BCUT2D eigenvalue weighted by atomic mass is 10.2. The van der Waals surface area contributed by atoms with Crippen LogP contribution in [0.4, 0.5) is 0 Å². The average Bonchev–Trinajstić information content (AvgIpc) is 2.56. The van der Waals surface area contributed by atoms with E-state index in [4.69, 9.17) is 11.6 Å². The van der Waals surface area contributed by atoms with Gasteiger partial charge in [0.25, 0.3) is 0 Å².